The van der Waals surface area contributed by atoms with Crippen LogP contribution in [0.2, 0.25) is 0 Å². The van der Waals surface area contributed by atoms with Crippen LogP contribution in [-0.2, 0) is 21.2 Å². The molecule has 0 aliphatic rings. The Bertz CT molecular complexity index is 905. The van der Waals surface area contributed by atoms with E-state index in [4.69, 9.17) is 4.74 Å². The van der Waals surface area contributed by atoms with Gasteiger partial charge >= 0.3 is 0 Å². The van der Waals surface area contributed by atoms with Gasteiger partial charge in [-0.1, -0.05) is 86.5 Å². The third-order valence-electron chi connectivity index (χ3n) is 4.83. The molecule has 0 spiro atoms. The van der Waals surface area contributed by atoms with Gasteiger partial charge in [-0.3, -0.25) is 0 Å². The third-order valence-corrected chi connectivity index (χ3v) is 6.65. The predicted molar refractivity (Wildman–Crippen MR) is 124 cm³/mol. The van der Waals surface area contributed by atoms with Crippen molar-refractivity contribution in [3.8, 4) is 0 Å². The molecular weight excluding hydrogens is 394 g/mol. The number of rotatable bonds is 13. The minimum Gasteiger partial charge on any atom is -0.358 e. The molecule has 0 aliphatic heterocycles. The first-order chi connectivity index (χ1) is 14.4. The highest BCUT2D eigenvalue weighted by Crippen LogP contribution is 2.22. The summed E-state index contributed by atoms with van der Waals surface area (Å²) in [4.78, 5) is 0.240. The van der Waals surface area contributed by atoms with Crippen LogP contribution in [0.3, 0.4) is 0 Å². The van der Waals surface area contributed by atoms with E-state index in [1.165, 1.54) is 4.31 Å². The first-order valence-electron chi connectivity index (χ1n) is 10.4. The van der Waals surface area contributed by atoms with Crippen molar-refractivity contribution in [1.29, 1.82) is 0 Å². The quantitative estimate of drug-likeness (QED) is 0.241. The van der Waals surface area contributed by atoms with Crippen molar-refractivity contribution in [2.75, 3.05) is 13.2 Å². The van der Waals surface area contributed by atoms with Crippen molar-refractivity contribution < 1.29 is 13.2 Å². The lowest BCUT2D eigenvalue weighted by atomic mass is 10.1. The molecule has 2 rings (SSSR count). The highest BCUT2D eigenvalue weighted by molar-refractivity contribution is 7.89. The predicted octanol–water partition coefficient (Wildman–Crippen LogP) is 5.50. The zero-order valence-electron chi connectivity index (χ0n) is 18.1. The Hall–Kier alpha value is -2.21. The van der Waals surface area contributed by atoms with Crippen LogP contribution in [0.1, 0.15) is 37.3 Å². The molecule has 162 valence electrons. The molecular formula is C25H33NO3S. The van der Waals surface area contributed by atoms with Gasteiger partial charge in [0.05, 0.1) is 4.90 Å². The lowest BCUT2D eigenvalue weighted by Gasteiger charge is -2.29. The van der Waals surface area contributed by atoms with Crippen LogP contribution in [0.25, 0.3) is 0 Å². The average Bonchev–Trinajstić information content (AvgIpc) is 2.73. The zero-order valence-corrected chi connectivity index (χ0v) is 18.9. The van der Waals surface area contributed by atoms with Crippen molar-refractivity contribution in [3.63, 3.8) is 0 Å². The number of unbranched alkanes of at least 4 members (excludes halogenated alkanes) is 2. The summed E-state index contributed by atoms with van der Waals surface area (Å²) in [6.07, 6.45) is 4.38. The molecule has 0 saturated carbocycles. The van der Waals surface area contributed by atoms with Crippen molar-refractivity contribution >= 4 is 10.0 Å². The molecule has 0 heterocycles. The summed E-state index contributed by atoms with van der Waals surface area (Å²) in [5.41, 5.74) is 2.89. The Labute approximate surface area is 181 Å². The van der Waals surface area contributed by atoms with Gasteiger partial charge in [0.1, 0.15) is 6.23 Å². The van der Waals surface area contributed by atoms with Crippen molar-refractivity contribution in [2.45, 2.75) is 50.7 Å². The second-order valence-corrected chi connectivity index (χ2v) is 9.37. The summed E-state index contributed by atoms with van der Waals surface area (Å²) in [7, 11) is -3.78. The monoisotopic (exact) mass is 427 g/mol. The Balaban J connectivity index is 2.27. The highest BCUT2D eigenvalue weighted by Gasteiger charge is 2.31. The second-order valence-electron chi connectivity index (χ2n) is 7.48. The van der Waals surface area contributed by atoms with E-state index in [1.807, 2.05) is 37.3 Å². The molecule has 1 atom stereocenters. The number of hydrogen-bond acceptors (Lipinski definition) is 3. The van der Waals surface area contributed by atoms with Gasteiger partial charge in [0, 0.05) is 13.2 Å². The number of hydrogen-bond donors (Lipinski definition) is 0. The maximum Gasteiger partial charge on any atom is 0.245 e. The summed E-state index contributed by atoms with van der Waals surface area (Å²) in [5, 5.41) is 0. The summed E-state index contributed by atoms with van der Waals surface area (Å²) in [6, 6.07) is 16.8. The van der Waals surface area contributed by atoms with Crippen molar-refractivity contribution in [3.05, 3.63) is 90.5 Å². The topological polar surface area (TPSA) is 46.6 Å². The Morgan fingerprint density at radius 2 is 1.77 bits per heavy atom. The van der Waals surface area contributed by atoms with Gasteiger partial charge in [-0.25, -0.2) is 8.42 Å². The molecule has 0 aromatic heterocycles. The van der Waals surface area contributed by atoms with Crippen LogP contribution in [0.15, 0.2) is 84.3 Å². The fraction of sp³-hybridized carbons (Fsp3) is 0.360. The third kappa shape index (κ3) is 6.94. The molecule has 0 unspecified atom stereocenters. The number of aryl methyl sites for hydroxylation is 1. The van der Waals surface area contributed by atoms with Crippen LogP contribution in [0.5, 0.6) is 0 Å². The first-order valence-corrected chi connectivity index (χ1v) is 11.9. The van der Waals surface area contributed by atoms with Crippen molar-refractivity contribution in [2.24, 2.45) is 0 Å². The van der Waals surface area contributed by atoms with E-state index in [0.29, 0.717) is 13.0 Å². The van der Waals surface area contributed by atoms with Gasteiger partial charge < -0.3 is 4.74 Å². The fourth-order valence-corrected chi connectivity index (χ4v) is 4.67. The summed E-state index contributed by atoms with van der Waals surface area (Å²) < 4.78 is 34.2. The van der Waals surface area contributed by atoms with Crippen LogP contribution in [-0.4, -0.2) is 32.1 Å². The van der Waals surface area contributed by atoms with Gasteiger partial charge in [-0.15, -0.1) is 0 Å². The number of benzene rings is 2. The first kappa shape index (κ1) is 24.1. The van der Waals surface area contributed by atoms with Gasteiger partial charge in [-0.05, 0) is 43.5 Å². The molecule has 0 radical (unpaired) electrons. The molecule has 30 heavy (non-hydrogen) atoms. The molecule has 0 amide bonds. The van der Waals surface area contributed by atoms with Gasteiger partial charge in [-0.2, -0.15) is 4.31 Å². The molecule has 0 saturated heterocycles. The normalized spacial score (nSPS) is 12.6. The maximum atomic E-state index is 13.5. The highest BCUT2D eigenvalue weighted by atomic mass is 32.2. The Kier molecular flexibility index (Phi) is 9.50. The Morgan fingerprint density at radius 1 is 1.10 bits per heavy atom. The lowest BCUT2D eigenvalue weighted by molar-refractivity contribution is 0.0154. The van der Waals surface area contributed by atoms with E-state index < -0.39 is 16.3 Å². The minimum absolute atomic E-state index is 0.162. The van der Waals surface area contributed by atoms with Crippen LogP contribution in [0.4, 0.5) is 0 Å². The van der Waals surface area contributed by atoms with E-state index >= 15 is 0 Å². The SMILES string of the molecule is C=C[C@H](OCCCCC)N(CC(=C)Cc1ccccc1)S(=O)(=O)c1ccc(C)cc1. The summed E-state index contributed by atoms with van der Waals surface area (Å²) in [6.45, 7) is 12.7. The number of ether oxygens (including phenoxy) is 1. The van der Waals surface area contributed by atoms with Gasteiger partial charge in [0.2, 0.25) is 10.0 Å². The molecule has 0 bridgehead atoms. The van der Waals surface area contributed by atoms with E-state index in [0.717, 1.165) is 36.0 Å². The maximum absolute atomic E-state index is 13.5. The molecule has 0 aliphatic carbocycles. The number of nitrogens with zero attached hydrogens (tertiary/aromatic N) is 1. The largest absolute Gasteiger partial charge is 0.358 e. The average molecular weight is 428 g/mol. The summed E-state index contributed by atoms with van der Waals surface area (Å²) in [5.74, 6) is 0. The fourth-order valence-electron chi connectivity index (χ4n) is 3.14. The van der Waals surface area contributed by atoms with E-state index in [2.05, 4.69) is 20.1 Å². The summed E-state index contributed by atoms with van der Waals surface area (Å²) >= 11 is 0. The zero-order chi connectivity index (χ0) is 22.0. The molecule has 2 aromatic carbocycles. The molecule has 4 nitrogen and oxygen atoms in total. The standard InChI is InChI=1S/C25H33NO3S/c1-5-7-11-18-29-25(6-2)26(20-22(4)19-23-12-9-8-10-13-23)30(27,28)24-16-14-21(3)15-17-24/h6,8-10,12-17,25H,2,4-5,7,11,18-20H2,1,3H3/t25-/m0/s1. The van der Waals surface area contributed by atoms with E-state index in [9.17, 15) is 8.42 Å². The van der Waals surface area contributed by atoms with Crippen LogP contribution in [0, 0.1) is 6.92 Å². The molecule has 0 fully saturated rings. The minimum atomic E-state index is -3.78. The number of sulfonamides is 1. The van der Waals surface area contributed by atoms with E-state index in [1.54, 1.807) is 30.3 Å². The molecule has 2 aromatic rings. The van der Waals surface area contributed by atoms with Crippen molar-refractivity contribution in [1.82, 2.24) is 4.31 Å². The molecule has 5 heteroatoms. The molecule has 0 N–H and O–H groups in total. The van der Waals surface area contributed by atoms with Gasteiger partial charge in [0.25, 0.3) is 0 Å². The van der Waals surface area contributed by atoms with Crippen LogP contribution < -0.4 is 0 Å². The van der Waals surface area contributed by atoms with E-state index in [-0.39, 0.29) is 11.4 Å². The van der Waals surface area contributed by atoms with Gasteiger partial charge in [0.15, 0.2) is 0 Å². The Morgan fingerprint density at radius 3 is 2.37 bits per heavy atom. The van der Waals surface area contributed by atoms with Crippen LogP contribution >= 0.6 is 0 Å². The second kappa shape index (κ2) is 11.8. The smallest absolute Gasteiger partial charge is 0.245 e. The lowest BCUT2D eigenvalue weighted by Crippen LogP contribution is -2.42.